The predicted molar refractivity (Wildman–Crippen MR) is 101 cm³/mol. The number of thioether (sulfide) groups is 1. The Morgan fingerprint density at radius 2 is 2.15 bits per heavy atom. The highest BCUT2D eigenvalue weighted by Crippen LogP contribution is 2.26. The highest BCUT2D eigenvalue weighted by molar-refractivity contribution is 7.99. The summed E-state index contributed by atoms with van der Waals surface area (Å²) in [7, 11) is 4.85. The Balaban J connectivity index is 1.64. The second-order valence-electron chi connectivity index (χ2n) is 5.57. The van der Waals surface area contributed by atoms with E-state index in [-0.39, 0.29) is 11.7 Å². The van der Waals surface area contributed by atoms with Crippen molar-refractivity contribution in [1.82, 2.24) is 29.9 Å². The van der Waals surface area contributed by atoms with Crippen molar-refractivity contribution in [3.05, 3.63) is 35.5 Å². The molecule has 9 nitrogen and oxygen atoms in total. The summed E-state index contributed by atoms with van der Waals surface area (Å²) >= 11 is 2.81. The molecule has 3 aromatic heterocycles. The van der Waals surface area contributed by atoms with Crippen molar-refractivity contribution >= 4 is 35.0 Å². The molecule has 142 valence electrons. The van der Waals surface area contributed by atoms with Gasteiger partial charge in [0.05, 0.1) is 23.4 Å². The van der Waals surface area contributed by atoms with Gasteiger partial charge < -0.3 is 14.6 Å². The molecule has 0 saturated heterocycles. The van der Waals surface area contributed by atoms with Crippen LogP contribution in [0, 0.1) is 0 Å². The second-order valence-corrected chi connectivity index (χ2v) is 7.46. The highest BCUT2D eigenvalue weighted by atomic mass is 32.2. The summed E-state index contributed by atoms with van der Waals surface area (Å²) in [5, 5.41) is 17.7. The van der Waals surface area contributed by atoms with Crippen molar-refractivity contribution in [3.63, 3.8) is 0 Å². The maximum absolute atomic E-state index is 12.3. The van der Waals surface area contributed by atoms with Crippen LogP contribution in [0.25, 0.3) is 10.7 Å². The molecule has 0 unspecified atom stereocenters. The van der Waals surface area contributed by atoms with Gasteiger partial charge in [-0.15, -0.1) is 21.5 Å². The molecule has 1 atom stereocenters. The summed E-state index contributed by atoms with van der Waals surface area (Å²) in [6.45, 7) is 0. The largest absolute Gasteiger partial charge is 0.467 e. The Kier molecular flexibility index (Phi) is 5.91. The molecule has 0 saturated carbocycles. The van der Waals surface area contributed by atoms with Gasteiger partial charge in [0.2, 0.25) is 5.91 Å². The Bertz CT molecular complexity index is 934. The van der Waals surface area contributed by atoms with E-state index in [1.54, 1.807) is 35.3 Å². The van der Waals surface area contributed by atoms with E-state index < -0.39 is 12.0 Å². The standard InChI is InChI=1S/C16H18N6O3S2/c1-21-7-6-10(20-21)13(15(24)25-3)17-12(23)9-27-16-19-18-14(22(16)2)11-5-4-8-26-11/h4-8,13H,9H2,1-3H3,(H,17,23)/t13-/m1/s1. The maximum Gasteiger partial charge on any atom is 0.334 e. The molecule has 1 amide bonds. The van der Waals surface area contributed by atoms with Crippen molar-refractivity contribution < 1.29 is 14.3 Å². The number of aryl methyl sites for hydroxylation is 1. The van der Waals surface area contributed by atoms with Gasteiger partial charge in [-0.05, 0) is 17.5 Å². The zero-order chi connectivity index (χ0) is 19.4. The van der Waals surface area contributed by atoms with E-state index in [0.29, 0.717) is 10.9 Å². The normalized spacial score (nSPS) is 12.0. The minimum Gasteiger partial charge on any atom is -0.467 e. The van der Waals surface area contributed by atoms with E-state index in [1.807, 2.05) is 29.1 Å². The number of aromatic nitrogens is 5. The average molecular weight is 406 g/mol. The molecule has 0 radical (unpaired) electrons. The van der Waals surface area contributed by atoms with Crippen LogP contribution in [0.5, 0.6) is 0 Å². The number of carbonyl (C=O) groups excluding carboxylic acids is 2. The number of hydrogen-bond acceptors (Lipinski definition) is 8. The Morgan fingerprint density at radius 3 is 2.78 bits per heavy atom. The SMILES string of the molecule is COC(=O)[C@H](NC(=O)CSc1nnc(-c2cccs2)n1C)c1ccn(C)n1. The van der Waals surface area contributed by atoms with E-state index in [2.05, 4.69) is 20.6 Å². The molecular formula is C16H18N6O3S2. The van der Waals surface area contributed by atoms with Crippen molar-refractivity contribution in [2.45, 2.75) is 11.2 Å². The van der Waals surface area contributed by atoms with Crippen molar-refractivity contribution in [2.24, 2.45) is 14.1 Å². The molecule has 0 aromatic carbocycles. The van der Waals surface area contributed by atoms with Crippen LogP contribution in [-0.4, -0.2) is 49.3 Å². The Labute approximate surface area is 163 Å². The van der Waals surface area contributed by atoms with Crippen LogP contribution in [0.2, 0.25) is 0 Å². The first-order valence-corrected chi connectivity index (χ1v) is 9.79. The Morgan fingerprint density at radius 1 is 1.33 bits per heavy atom. The van der Waals surface area contributed by atoms with Crippen molar-refractivity contribution in [3.8, 4) is 10.7 Å². The molecule has 3 heterocycles. The topological polar surface area (TPSA) is 104 Å². The van der Waals surface area contributed by atoms with E-state index in [1.165, 1.54) is 18.9 Å². The lowest BCUT2D eigenvalue weighted by atomic mass is 10.2. The smallest absolute Gasteiger partial charge is 0.334 e. The van der Waals surface area contributed by atoms with E-state index >= 15 is 0 Å². The number of amides is 1. The fourth-order valence-electron chi connectivity index (χ4n) is 2.35. The predicted octanol–water partition coefficient (Wildman–Crippen LogP) is 1.40. The van der Waals surface area contributed by atoms with Crippen LogP contribution in [-0.2, 0) is 28.4 Å². The lowest BCUT2D eigenvalue weighted by Crippen LogP contribution is -2.36. The summed E-state index contributed by atoms with van der Waals surface area (Å²) in [4.78, 5) is 25.3. The van der Waals surface area contributed by atoms with E-state index in [4.69, 9.17) is 4.74 Å². The zero-order valence-electron chi connectivity index (χ0n) is 14.9. The molecule has 0 spiro atoms. The Hall–Kier alpha value is -2.66. The highest BCUT2D eigenvalue weighted by Gasteiger charge is 2.26. The quantitative estimate of drug-likeness (QED) is 0.467. The maximum atomic E-state index is 12.3. The molecule has 0 aliphatic rings. The minimum absolute atomic E-state index is 0.0801. The molecule has 3 aromatic rings. The van der Waals surface area contributed by atoms with Gasteiger partial charge in [0.25, 0.3) is 0 Å². The van der Waals surface area contributed by atoms with Gasteiger partial charge in [0, 0.05) is 20.3 Å². The molecule has 0 fully saturated rings. The number of hydrogen-bond donors (Lipinski definition) is 1. The number of nitrogens with one attached hydrogen (secondary N) is 1. The number of methoxy groups -OCH3 is 1. The number of esters is 1. The van der Waals surface area contributed by atoms with Gasteiger partial charge in [-0.1, -0.05) is 17.8 Å². The molecule has 0 bridgehead atoms. The van der Waals surface area contributed by atoms with Crippen LogP contribution in [0.4, 0.5) is 0 Å². The summed E-state index contributed by atoms with van der Waals surface area (Å²) < 4.78 is 8.16. The van der Waals surface area contributed by atoms with Crippen molar-refractivity contribution in [1.29, 1.82) is 0 Å². The fraction of sp³-hybridized carbons (Fsp3) is 0.312. The first-order chi connectivity index (χ1) is 13.0. The molecule has 0 aliphatic carbocycles. The number of rotatable bonds is 7. The molecule has 0 aliphatic heterocycles. The zero-order valence-corrected chi connectivity index (χ0v) is 16.6. The third-order valence-corrected chi connectivity index (χ3v) is 5.57. The molecule has 27 heavy (non-hydrogen) atoms. The monoisotopic (exact) mass is 406 g/mol. The third-order valence-electron chi connectivity index (χ3n) is 3.68. The van der Waals surface area contributed by atoms with Gasteiger partial charge in [-0.3, -0.25) is 9.48 Å². The van der Waals surface area contributed by atoms with E-state index in [0.717, 1.165) is 10.7 Å². The first-order valence-electron chi connectivity index (χ1n) is 7.92. The minimum atomic E-state index is -0.953. The number of carbonyl (C=O) groups is 2. The van der Waals surface area contributed by atoms with Crippen LogP contribution in [0.1, 0.15) is 11.7 Å². The molecule has 11 heteroatoms. The summed E-state index contributed by atoms with van der Waals surface area (Å²) in [5.74, 6) is -0.0854. The van der Waals surface area contributed by atoms with Crippen LogP contribution in [0.15, 0.2) is 34.9 Å². The van der Waals surface area contributed by atoms with Crippen LogP contribution >= 0.6 is 23.1 Å². The lowest BCUT2D eigenvalue weighted by Gasteiger charge is -2.14. The van der Waals surface area contributed by atoms with Gasteiger partial charge in [-0.25, -0.2) is 4.79 Å². The summed E-state index contributed by atoms with van der Waals surface area (Å²) in [5.41, 5.74) is 0.418. The number of thiophene rings is 1. The van der Waals surface area contributed by atoms with Gasteiger partial charge >= 0.3 is 5.97 Å². The summed E-state index contributed by atoms with van der Waals surface area (Å²) in [6, 6.07) is 4.61. The first kappa shape index (κ1) is 19.1. The number of nitrogens with zero attached hydrogens (tertiary/aromatic N) is 5. The van der Waals surface area contributed by atoms with Crippen molar-refractivity contribution in [2.75, 3.05) is 12.9 Å². The van der Waals surface area contributed by atoms with Crippen LogP contribution in [0.3, 0.4) is 0 Å². The second kappa shape index (κ2) is 8.35. The molecule has 1 N–H and O–H groups in total. The fourth-order valence-corrected chi connectivity index (χ4v) is 3.82. The van der Waals surface area contributed by atoms with Crippen LogP contribution < -0.4 is 5.32 Å². The summed E-state index contributed by atoms with van der Waals surface area (Å²) in [6.07, 6.45) is 1.69. The average Bonchev–Trinajstić information content (AvgIpc) is 3.39. The van der Waals surface area contributed by atoms with Gasteiger partial charge in [-0.2, -0.15) is 5.10 Å². The van der Waals surface area contributed by atoms with Gasteiger partial charge in [0.1, 0.15) is 0 Å². The number of ether oxygens (including phenoxy) is 1. The lowest BCUT2D eigenvalue weighted by molar-refractivity contribution is -0.145. The molecule has 3 rings (SSSR count). The van der Waals surface area contributed by atoms with E-state index in [9.17, 15) is 9.59 Å². The molecular weight excluding hydrogens is 388 g/mol. The third kappa shape index (κ3) is 4.37. The van der Waals surface area contributed by atoms with Gasteiger partial charge in [0.15, 0.2) is 17.0 Å².